The van der Waals surface area contributed by atoms with E-state index in [1.54, 1.807) is 0 Å². The molecular formula is C14H23ClN2. The number of nitrogens with zero attached hydrogens (tertiary/aromatic N) is 2. The van der Waals surface area contributed by atoms with Crippen molar-refractivity contribution in [2.45, 2.75) is 51.0 Å². The molecule has 1 saturated heterocycles. The zero-order chi connectivity index (χ0) is 10.5. The van der Waals surface area contributed by atoms with Crippen LogP contribution in [0.2, 0.25) is 0 Å². The van der Waals surface area contributed by atoms with Gasteiger partial charge in [-0.25, -0.2) is 0 Å². The Kier molecular flexibility index (Phi) is 3.10. The van der Waals surface area contributed by atoms with Crippen LogP contribution in [0.3, 0.4) is 0 Å². The third-order valence-electron chi connectivity index (χ3n) is 5.22. The first kappa shape index (κ1) is 11.8. The summed E-state index contributed by atoms with van der Waals surface area (Å²) in [5.74, 6) is 4.42. The van der Waals surface area contributed by atoms with E-state index in [9.17, 15) is 0 Å². The molecule has 3 aliphatic heterocycles. The van der Waals surface area contributed by atoms with Crippen LogP contribution in [-0.4, -0.2) is 29.9 Å². The molecule has 2 aliphatic carbocycles. The topological polar surface area (TPSA) is 15.6 Å². The first-order chi connectivity index (χ1) is 7.88. The number of amidine groups is 1. The van der Waals surface area contributed by atoms with Crippen LogP contribution in [0.25, 0.3) is 0 Å². The molecule has 2 atom stereocenters. The normalized spacial score (nSPS) is 43.3. The molecule has 0 spiro atoms. The lowest BCUT2D eigenvalue weighted by Crippen LogP contribution is -2.37. The molecule has 17 heavy (non-hydrogen) atoms. The largest absolute Gasteiger partial charge is 0.360 e. The van der Waals surface area contributed by atoms with Crippen LogP contribution in [0, 0.1) is 17.8 Å². The molecule has 4 bridgehead atoms. The monoisotopic (exact) mass is 254 g/mol. The summed E-state index contributed by atoms with van der Waals surface area (Å²) in [6.45, 7) is 2.58. The van der Waals surface area contributed by atoms with Crippen LogP contribution in [0.1, 0.15) is 44.9 Å². The van der Waals surface area contributed by atoms with Crippen LogP contribution in [0.15, 0.2) is 4.99 Å². The smallest absolute Gasteiger partial charge is 0.102 e. The second-order valence-electron chi connectivity index (χ2n) is 6.44. The molecule has 2 saturated carbocycles. The maximum absolute atomic E-state index is 5.14. The third kappa shape index (κ3) is 1.99. The SMILES string of the molecule is C1CCN(C2=NC3CC4CC(C3)CC2C4)C1.Cl. The molecular weight excluding hydrogens is 232 g/mol. The number of halogens is 1. The maximum atomic E-state index is 5.14. The van der Waals surface area contributed by atoms with E-state index >= 15 is 0 Å². The van der Waals surface area contributed by atoms with E-state index in [0.717, 1.165) is 17.8 Å². The molecule has 96 valence electrons. The Balaban J connectivity index is 0.000000902. The van der Waals surface area contributed by atoms with Gasteiger partial charge in [0.1, 0.15) is 5.84 Å². The van der Waals surface area contributed by atoms with Gasteiger partial charge in [0.05, 0.1) is 6.04 Å². The Labute approximate surface area is 110 Å². The van der Waals surface area contributed by atoms with Crippen molar-refractivity contribution >= 4 is 18.2 Å². The van der Waals surface area contributed by atoms with Gasteiger partial charge in [0.2, 0.25) is 0 Å². The van der Waals surface area contributed by atoms with E-state index in [2.05, 4.69) is 4.90 Å². The van der Waals surface area contributed by atoms with Crippen molar-refractivity contribution in [3.63, 3.8) is 0 Å². The number of likely N-dealkylation sites (tertiary alicyclic amines) is 1. The summed E-state index contributed by atoms with van der Waals surface area (Å²) < 4.78 is 0. The number of aliphatic imine (C=N–C) groups is 1. The van der Waals surface area contributed by atoms with Gasteiger partial charge >= 0.3 is 0 Å². The highest BCUT2D eigenvalue weighted by Gasteiger charge is 2.42. The molecule has 0 amide bonds. The fraction of sp³-hybridized carbons (Fsp3) is 0.929. The van der Waals surface area contributed by atoms with Crippen LogP contribution in [0.4, 0.5) is 0 Å². The predicted molar refractivity (Wildman–Crippen MR) is 72.8 cm³/mol. The quantitative estimate of drug-likeness (QED) is 0.649. The fourth-order valence-corrected chi connectivity index (χ4v) is 4.71. The van der Waals surface area contributed by atoms with Gasteiger partial charge in [-0.05, 0) is 56.8 Å². The second kappa shape index (κ2) is 4.46. The minimum atomic E-state index is 0. The summed E-state index contributed by atoms with van der Waals surface area (Å²) in [5, 5.41) is 0. The van der Waals surface area contributed by atoms with Crippen LogP contribution in [-0.2, 0) is 0 Å². The van der Waals surface area contributed by atoms with Crippen molar-refractivity contribution in [3.8, 4) is 0 Å². The highest BCUT2D eigenvalue weighted by molar-refractivity contribution is 5.86. The van der Waals surface area contributed by atoms with Gasteiger partial charge in [-0.2, -0.15) is 0 Å². The van der Waals surface area contributed by atoms with E-state index in [-0.39, 0.29) is 12.4 Å². The van der Waals surface area contributed by atoms with Gasteiger partial charge in [0.25, 0.3) is 0 Å². The molecule has 5 aliphatic rings. The first-order valence-electron chi connectivity index (χ1n) is 7.21. The van der Waals surface area contributed by atoms with Gasteiger partial charge in [0.15, 0.2) is 0 Å². The highest BCUT2D eigenvalue weighted by Crippen LogP contribution is 2.47. The lowest BCUT2D eigenvalue weighted by molar-refractivity contribution is 0.159. The lowest BCUT2D eigenvalue weighted by Gasteiger charge is -2.38. The number of hydrogen-bond acceptors (Lipinski definition) is 2. The van der Waals surface area contributed by atoms with Crippen molar-refractivity contribution in [2.24, 2.45) is 22.7 Å². The van der Waals surface area contributed by atoms with E-state index in [1.807, 2.05) is 0 Å². The van der Waals surface area contributed by atoms with E-state index in [1.165, 1.54) is 63.9 Å². The van der Waals surface area contributed by atoms with Crippen molar-refractivity contribution in [1.82, 2.24) is 4.90 Å². The summed E-state index contributed by atoms with van der Waals surface area (Å²) in [5.41, 5.74) is 0. The summed E-state index contributed by atoms with van der Waals surface area (Å²) in [6.07, 6.45) is 10.0. The van der Waals surface area contributed by atoms with Crippen molar-refractivity contribution in [1.29, 1.82) is 0 Å². The number of hydrogen-bond donors (Lipinski definition) is 0. The molecule has 3 fully saturated rings. The summed E-state index contributed by atoms with van der Waals surface area (Å²) in [6, 6.07) is 0.701. The zero-order valence-electron chi connectivity index (χ0n) is 10.5. The average Bonchev–Trinajstić information content (AvgIpc) is 2.71. The van der Waals surface area contributed by atoms with E-state index < -0.39 is 0 Å². The van der Waals surface area contributed by atoms with Gasteiger partial charge in [0, 0.05) is 19.0 Å². The van der Waals surface area contributed by atoms with Gasteiger partial charge < -0.3 is 4.90 Å². The Bertz CT molecular complexity index is 308. The predicted octanol–water partition coefficient (Wildman–Crippen LogP) is 3.11. The molecule has 2 nitrogen and oxygen atoms in total. The van der Waals surface area contributed by atoms with Gasteiger partial charge in [-0.1, -0.05) is 0 Å². The molecule has 0 aromatic heterocycles. The van der Waals surface area contributed by atoms with Crippen molar-refractivity contribution < 1.29 is 0 Å². The molecule has 0 aromatic rings. The summed E-state index contributed by atoms with van der Waals surface area (Å²) in [4.78, 5) is 7.76. The molecule has 3 heterocycles. The van der Waals surface area contributed by atoms with Gasteiger partial charge in [-0.15, -0.1) is 12.4 Å². The second-order valence-corrected chi connectivity index (χ2v) is 6.44. The first-order valence-corrected chi connectivity index (χ1v) is 7.21. The summed E-state index contributed by atoms with van der Waals surface area (Å²) >= 11 is 0. The maximum Gasteiger partial charge on any atom is 0.102 e. The lowest BCUT2D eigenvalue weighted by atomic mass is 9.67. The molecule has 0 aromatic carbocycles. The van der Waals surface area contributed by atoms with Crippen LogP contribution < -0.4 is 0 Å². The minimum absolute atomic E-state index is 0. The van der Waals surface area contributed by atoms with Crippen LogP contribution >= 0.6 is 12.4 Å². The number of rotatable bonds is 0. The van der Waals surface area contributed by atoms with Crippen molar-refractivity contribution in [3.05, 3.63) is 0 Å². The summed E-state index contributed by atoms with van der Waals surface area (Å²) in [7, 11) is 0. The van der Waals surface area contributed by atoms with E-state index in [4.69, 9.17) is 4.99 Å². The third-order valence-corrected chi connectivity index (χ3v) is 5.22. The standard InChI is InChI=1S/C14H22N2.ClH/c1-2-4-16(3-1)14-12-6-10-5-11(7-12)9-13(8-10)15-14;/h10-13H,1-9H2;1H. The molecule has 0 radical (unpaired) electrons. The molecule has 0 N–H and O–H groups in total. The molecule has 2 unspecified atom stereocenters. The van der Waals surface area contributed by atoms with Gasteiger partial charge in [-0.3, -0.25) is 4.99 Å². The van der Waals surface area contributed by atoms with Crippen molar-refractivity contribution in [2.75, 3.05) is 13.1 Å². The average molecular weight is 255 g/mol. The van der Waals surface area contributed by atoms with Crippen LogP contribution in [0.5, 0.6) is 0 Å². The Hall–Kier alpha value is -0.240. The highest BCUT2D eigenvalue weighted by atomic mass is 35.5. The molecule has 3 heteroatoms. The molecule has 5 rings (SSSR count). The Morgan fingerprint density at radius 1 is 0.882 bits per heavy atom. The Morgan fingerprint density at radius 2 is 1.53 bits per heavy atom. The minimum Gasteiger partial charge on any atom is -0.360 e. The van der Waals surface area contributed by atoms with E-state index in [0.29, 0.717) is 6.04 Å². The zero-order valence-corrected chi connectivity index (χ0v) is 11.3. The fourth-order valence-electron chi connectivity index (χ4n) is 4.71. The Morgan fingerprint density at radius 3 is 2.18 bits per heavy atom.